The molecule has 0 spiro atoms. The second-order valence-electron chi connectivity index (χ2n) is 11.6. The third kappa shape index (κ3) is 4.62. The Balaban J connectivity index is 1.64. The van der Waals surface area contributed by atoms with Crippen LogP contribution in [0, 0.1) is 10.8 Å². The number of benzene rings is 2. The Hall–Kier alpha value is -3.25. The molecule has 5 rings (SSSR count). The third-order valence-corrected chi connectivity index (χ3v) is 7.37. The molecular weight excluding hydrogens is 474 g/mol. The topological polar surface area (TPSA) is 91.1 Å². The molecular formula is C29H30ClN3O3. The highest BCUT2D eigenvalue weighted by Gasteiger charge is 2.47. The molecule has 2 aromatic carbocycles. The Morgan fingerprint density at radius 2 is 1.39 bits per heavy atom. The van der Waals surface area contributed by atoms with E-state index in [1.807, 2.05) is 0 Å². The normalized spacial score (nSPS) is 21.5. The minimum Gasteiger partial charge on any atom is -0.508 e. The van der Waals surface area contributed by atoms with E-state index in [-0.39, 0.29) is 28.1 Å². The predicted octanol–water partition coefficient (Wildman–Crippen LogP) is 7.43. The van der Waals surface area contributed by atoms with Crippen LogP contribution in [0.5, 0.6) is 5.75 Å². The molecule has 0 unspecified atom stereocenters. The molecule has 0 saturated heterocycles. The first-order chi connectivity index (χ1) is 16.9. The zero-order valence-corrected chi connectivity index (χ0v) is 21.7. The second-order valence-corrected chi connectivity index (χ2v) is 12.1. The fraction of sp³-hybridized carbons (Fsp3) is 0.379. The summed E-state index contributed by atoms with van der Waals surface area (Å²) in [5.41, 5.74) is 4.12. The summed E-state index contributed by atoms with van der Waals surface area (Å²) in [7, 11) is 0. The average molecular weight is 504 g/mol. The van der Waals surface area contributed by atoms with Gasteiger partial charge in [-0.3, -0.25) is 9.59 Å². The first kappa shape index (κ1) is 24.4. The van der Waals surface area contributed by atoms with Crippen molar-refractivity contribution in [2.45, 2.75) is 59.3 Å². The molecule has 0 amide bonds. The van der Waals surface area contributed by atoms with E-state index < -0.39 is 5.92 Å². The number of phenols is 1. The van der Waals surface area contributed by atoms with Gasteiger partial charge in [0.2, 0.25) is 0 Å². The molecule has 36 heavy (non-hydrogen) atoms. The fourth-order valence-electron chi connectivity index (χ4n) is 5.69. The van der Waals surface area contributed by atoms with Crippen LogP contribution in [0.2, 0.25) is 5.02 Å². The zero-order valence-electron chi connectivity index (χ0n) is 21.0. The molecule has 0 fully saturated rings. The minimum atomic E-state index is -0.634. The van der Waals surface area contributed by atoms with Gasteiger partial charge in [0.25, 0.3) is 0 Å². The van der Waals surface area contributed by atoms with Crippen molar-refractivity contribution in [2.24, 2.45) is 21.1 Å². The Morgan fingerprint density at radius 1 is 0.833 bits per heavy atom. The van der Waals surface area contributed by atoms with E-state index in [4.69, 9.17) is 11.6 Å². The number of ketones is 2. The lowest BCUT2D eigenvalue weighted by atomic mass is 9.64. The molecule has 0 aromatic heterocycles. The van der Waals surface area contributed by atoms with E-state index in [9.17, 15) is 14.7 Å². The molecule has 0 atom stereocenters. The van der Waals surface area contributed by atoms with Crippen LogP contribution in [-0.4, -0.2) is 16.7 Å². The highest BCUT2D eigenvalue weighted by Crippen LogP contribution is 2.52. The van der Waals surface area contributed by atoms with E-state index >= 15 is 0 Å². The van der Waals surface area contributed by atoms with Crippen molar-refractivity contribution in [3.05, 3.63) is 75.6 Å². The van der Waals surface area contributed by atoms with Crippen LogP contribution in [0.1, 0.15) is 64.9 Å². The van der Waals surface area contributed by atoms with Crippen LogP contribution in [0.15, 0.2) is 75.2 Å². The number of Topliss-reactive ketones (excluding diaryl/α,β-unsaturated/α-hetero) is 2. The van der Waals surface area contributed by atoms with E-state index in [1.54, 1.807) is 42.5 Å². The number of azo groups is 1. The van der Waals surface area contributed by atoms with Gasteiger partial charge in [0.05, 0.1) is 11.4 Å². The van der Waals surface area contributed by atoms with Crippen molar-refractivity contribution >= 4 is 34.5 Å². The third-order valence-electron chi connectivity index (χ3n) is 7.13. The van der Waals surface area contributed by atoms with Gasteiger partial charge in [0.1, 0.15) is 5.75 Å². The maximum Gasteiger partial charge on any atom is 0.162 e. The molecule has 1 heterocycles. The Morgan fingerprint density at radius 3 is 1.94 bits per heavy atom. The summed E-state index contributed by atoms with van der Waals surface area (Å²) in [6.07, 6.45) is 2.18. The number of hydrogen-bond donors (Lipinski definition) is 2. The van der Waals surface area contributed by atoms with E-state index in [0.717, 1.165) is 11.4 Å². The van der Waals surface area contributed by atoms with Crippen molar-refractivity contribution in [2.75, 3.05) is 0 Å². The molecule has 6 nitrogen and oxygen atoms in total. The van der Waals surface area contributed by atoms with Crippen LogP contribution in [-0.2, 0) is 9.59 Å². The number of phenolic OH excluding ortho intramolecular Hbond substituents is 1. The molecule has 1 aliphatic heterocycles. The molecule has 0 bridgehead atoms. The van der Waals surface area contributed by atoms with Crippen molar-refractivity contribution in [1.82, 2.24) is 5.32 Å². The number of carbonyl (C=O) groups excluding carboxylic acids is 2. The largest absolute Gasteiger partial charge is 0.508 e. The molecule has 0 saturated carbocycles. The lowest BCUT2D eigenvalue weighted by Gasteiger charge is -2.44. The molecule has 186 valence electrons. The predicted molar refractivity (Wildman–Crippen MR) is 140 cm³/mol. The minimum absolute atomic E-state index is 0.00768. The summed E-state index contributed by atoms with van der Waals surface area (Å²) in [4.78, 5) is 27.0. The second kappa shape index (κ2) is 8.70. The monoisotopic (exact) mass is 503 g/mol. The SMILES string of the molecule is CC1(C)CC(=O)C2=C(C1)NC1=C(C(=O)CC(C)(C)C1)C2c1cc(N=Nc2cccc(Cl)c2)ccc1O. The first-order valence-corrected chi connectivity index (χ1v) is 12.6. The van der Waals surface area contributed by atoms with Gasteiger partial charge >= 0.3 is 0 Å². The quantitative estimate of drug-likeness (QED) is 0.426. The van der Waals surface area contributed by atoms with Gasteiger partial charge in [-0.05, 0) is 60.1 Å². The first-order valence-electron chi connectivity index (χ1n) is 12.2. The van der Waals surface area contributed by atoms with Crippen LogP contribution in [0.25, 0.3) is 0 Å². The molecule has 2 N–H and O–H groups in total. The number of rotatable bonds is 3. The summed E-state index contributed by atoms with van der Waals surface area (Å²) >= 11 is 6.06. The van der Waals surface area contributed by atoms with Crippen LogP contribution >= 0.6 is 11.6 Å². The summed E-state index contributed by atoms with van der Waals surface area (Å²) in [5.74, 6) is -0.594. The lowest BCUT2D eigenvalue weighted by Crippen LogP contribution is -2.42. The highest BCUT2D eigenvalue weighted by atomic mass is 35.5. The van der Waals surface area contributed by atoms with E-state index in [1.165, 1.54) is 0 Å². The number of dihydropyridines is 1. The summed E-state index contributed by atoms with van der Waals surface area (Å²) < 4.78 is 0. The average Bonchev–Trinajstić information content (AvgIpc) is 2.75. The number of carbonyl (C=O) groups is 2. The highest BCUT2D eigenvalue weighted by molar-refractivity contribution is 6.30. The van der Waals surface area contributed by atoms with Gasteiger partial charge in [-0.2, -0.15) is 10.2 Å². The number of aromatic hydroxyl groups is 1. The van der Waals surface area contributed by atoms with Crippen LogP contribution < -0.4 is 5.32 Å². The molecule has 7 heteroatoms. The van der Waals surface area contributed by atoms with Gasteiger partial charge < -0.3 is 10.4 Å². The summed E-state index contributed by atoms with van der Waals surface area (Å²) in [6.45, 7) is 8.33. The smallest absolute Gasteiger partial charge is 0.162 e. The van der Waals surface area contributed by atoms with Crippen molar-refractivity contribution in [3.8, 4) is 5.75 Å². The van der Waals surface area contributed by atoms with Gasteiger partial charge in [-0.1, -0.05) is 45.4 Å². The molecule has 0 radical (unpaired) electrons. The van der Waals surface area contributed by atoms with Gasteiger partial charge in [-0.25, -0.2) is 0 Å². The Kier molecular flexibility index (Phi) is 5.91. The van der Waals surface area contributed by atoms with Crippen LogP contribution in [0.4, 0.5) is 11.4 Å². The lowest BCUT2D eigenvalue weighted by molar-refractivity contribution is -0.119. The van der Waals surface area contributed by atoms with E-state index in [2.05, 4.69) is 43.2 Å². The molecule has 3 aliphatic rings. The standard InChI is InChI=1S/C29H30ClN3O3/c1-28(2)12-20-26(23(35)14-28)25(27-21(31-20)13-29(3,4)15-24(27)36)19-11-18(8-9-22(19)34)33-32-17-7-5-6-16(30)10-17/h5-11,25,31,34H,12-15H2,1-4H3. The fourth-order valence-corrected chi connectivity index (χ4v) is 5.87. The number of nitrogens with one attached hydrogen (secondary N) is 1. The summed E-state index contributed by atoms with van der Waals surface area (Å²) in [5, 5.41) is 23.7. The summed E-state index contributed by atoms with van der Waals surface area (Å²) in [6, 6.07) is 12.0. The molecule has 2 aromatic rings. The van der Waals surface area contributed by atoms with Gasteiger partial charge in [0, 0.05) is 51.9 Å². The number of hydrogen-bond acceptors (Lipinski definition) is 6. The maximum atomic E-state index is 13.5. The molecule has 2 aliphatic carbocycles. The Bertz CT molecular complexity index is 1330. The van der Waals surface area contributed by atoms with Gasteiger partial charge in [0.15, 0.2) is 11.6 Å². The van der Waals surface area contributed by atoms with Crippen molar-refractivity contribution in [3.63, 3.8) is 0 Å². The number of allylic oxidation sites excluding steroid dienone is 4. The van der Waals surface area contributed by atoms with Crippen molar-refractivity contribution < 1.29 is 14.7 Å². The zero-order chi connectivity index (χ0) is 25.8. The number of nitrogens with zero attached hydrogens (tertiary/aromatic N) is 2. The van der Waals surface area contributed by atoms with E-state index in [0.29, 0.717) is 58.8 Å². The number of halogens is 1. The van der Waals surface area contributed by atoms with Crippen LogP contribution in [0.3, 0.4) is 0 Å². The van der Waals surface area contributed by atoms with Crippen molar-refractivity contribution in [1.29, 1.82) is 0 Å². The van der Waals surface area contributed by atoms with Gasteiger partial charge in [-0.15, -0.1) is 0 Å². The maximum absolute atomic E-state index is 13.5. The Labute approximate surface area is 216 Å².